The maximum absolute atomic E-state index is 11.7. The Morgan fingerprint density at radius 1 is 0.880 bits per heavy atom. The van der Waals surface area contributed by atoms with Crippen molar-refractivity contribution in [3.8, 4) is 5.75 Å². The van der Waals surface area contributed by atoms with Gasteiger partial charge in [-0.15, -0.1) is 0 Å². The van der Waals surface area contributed by atoms with Gasteiger partial charge in [-0.05, 0) is 43.5 Å². The van der Waals surface area contributed by atoms with Crippen molar-refractivity contribution in [1.29, 1.82) is 0 Å². The van der Waals surface area contributed by atoms with Crippen LogP contribution in [-0.2, 0) is 14.3 Å². The smallest absolute Gasteiger partial charge is 0.336 e. The van der Waals surface area contributed by atoms with Crippen LogP contribution in [0.25, 0.3) is 0 Å². The molecule has 0 N–H and O–H groups in total. The van der Waals surface area contributed by atoms with Crippen molar-refractivity contribution in [3.63, 3.8) is 0 Å². The van der Waals surface area contributed by atoms with Crippen LogP contribution in [0.2, 0.25) is 0 Å². The third-order valence-electron chi connectivity index (χ3n) is 4.04. The van der Waals surface area contributed by atoms with E-state index >= 15 is 0 Å². The Labute approximate surface area is 151 Å². The highest BCUT2D eigenvalue weighted by atomic mass is 16.5. The Kier molecular flexibility index (Phi) is 10.3. The highest BCUT2D eigenvalue weighted by Crippen LogP contribution is 2.16. The SMILES string of the molecule is CCCCCCCCCOC(=O)/C=C/C(=O)Oc1ccc(C)c(C)c1. The predicted octanol–water partition coefficient (Wildman–Crippen LogP) is 5.06. The number of hydrogen-bond acceptors (Lipinski definition) is 4. The third kappa shape index (κ3) is 9.70. The van der Waals surface area contributed by atoms with Crippen molar-refractivity contribution < 1.29 is 19.1 Å². The lowest BCUT2D eigenvalue weighted by atomic mass is 10.1. The van der Waals surface area contributed by atoms with Gasteiger partial charge in [-0.1, -0.05) is 51.5 Å². The van der Waals surface area contributed by atoms with Crippen LogP contribution in [0.1, 0.15) is 63.0 Å². The van der Waals surface area contributed by atoms with E-state index in [9.17, 15) is 9.59 Å². The van der Waals surface area contributed by atoms with Gasteiger partial charge in [0.1, 0.15) is 5.75 Å². The zero-order valence-corrected chi connectivity index (χ0v) is 15.7. The number of unbranched alkanes of at least 4 members (excludes halogenated alkanes) is 6. The van der Waals surface area contributed by atoms with Crippen molar-refractivity contribution in [2.24, 2.45) is 0 Å². The molecule has 0 saturated carbocycles. The first-order valence-corrected chi connectivity index (χ1v) is 9.17. The Morgan fingerprint density at radius 2 is 1.52 bits per heavy atom. The third-order valence-corrected chi connectivity index (χ3v) is 4.04. The zero-order chi connectivity index (χ0) is 18.5. The number of ether oxygens (including phenoxy) is 2. The molecule has 1 aromatic rings. The minimum absolute atomic E-state index is 0.392. The summed E-state index contributed by atoms with van der Waals surface area (Å²) >= 11 is 0. The standard InChI is InChI=1S/C21H30O4/c1-4-5-6-7-8-9-10-15-24-20(22)13-14-21(23)25-19-12-11-17(2)18(3)16-19/h11-14,16H,4-10,15H2,1-3H3/b14-13+. The number of aryl methyl sites for hydroxylation is 2. The number of carbonyl (C=O) groups excluding carboxylic acids is 2. The van der Waals surface area contributed by atoms with E-state index in [1.165, 1.54) is 32.1 Å². The molecular formula is C21H30O4. The number of carbonyl (C=O) groups is 2. The quantitative estimate of drug-likeness (QED) is 0.243. The van der Waals surface area contributed by atoms with Crippen LogP contribution in [0.4, 0.5) is 0 Å². The first kappa shape index (κ1) is 20.9. The molecule has 4 nitrogen and oxygen atoms in total. The fraction of sp³-hybridized carbons (Fsp3) is 0.524. The van der Waals surface area contributed by atoms with Gasteiger partial charge in [-0.25, -0.2) is 9.59 Å². The molecule has 25 heavy (non-hydrogen) atoms. The minimum atomic E-state index is -0.587. The van der Waals surface area contributed by atoms with Gasteiger partial charge in [0.25, 0.3) is 0 Å². The van der Waals surface area contributed by atoms with Gasteiger partial charge in [-0.2, -0.15) is 0 Å². The van der Waals surface area contributed by atoms with E-state index in [1.807, 2.05) is 19.9 Å². The van der Waals surface area contributed by atoms with Crippen LogP contribution in [-0.4, -0.2) is 18.5 Å². The largest absolute Gasteiger partial charge is 0.463 e. The summed E-state index contributed by atoms with van der Waals surface area (Å²) in [5, 5.41) is 0. The zero-order valence-electron chi connectivity index (χ0n) is 15.7. The van der Waals surface area contributed by atoms with Gasteiger partial charge in [0.15, 0.2) is 0 Å². The van der Waals surface area contributed by atoms with Crippen molar-refractivity contribution in [3.05, 3.63) is 41.5 Å². The second kappa shape index (κ2) is 12.3. The Morgan fingerprint density at radius 3 is 2.20 bits per heavy atom. The average Bonchev–Trinajstić information content (AvgIpc) is 2.58. The number of hydrogen-bond donors (Lipinski definition) is 0. The molecular weight excluding hydrogens is 316 g/mol. The highest BCUT2D eigenvalue weighted by Gasteiger charge is 2.04. The summed E-state index contributed by atoms with van der Waals surface area (Å²) in [7, 11) is 0. The maximum atomic E-state index is 11.7. The molecule has 0 aromatic heterocycles. The highest BCUT2D eigenvalue weighted by molar-refractivity contribution is 5.92. The lowest BCUT2D eigenvalue weighted by molar-refractivity contribution is -0.138. The van der Waals surface area contributed by atoms with Gasteiger partial charge in [0.05, 0.1) is 6.61 Å². The molecule has 0 fully saturated rings. The van der Waals surface area contributed by atoms with Crippen LogP contribution in [0.3, 0.4) is 0 Å². The van der Waals surface area contributed by atoms with Crippen LogP contribution in [0.5, 0.6) is 5.75 Å². The molecule has 0 heterocycles. The van der Waals surface area contributed by atoms with Crippen molar-refractivity contribution in [2.75, 3.05) is 6.61 Å². The minimum Gasteiger partial charge on any atom is -0.463 e. The molecule has 0 atom stereocenters. The molecule has 4 heteroatoms. The Balaban J connectivity index is 2.18. The summed E-state index contributed by atoms with van der Waals surface area (Å²) in [6.07, 6.45) is 10.4. The molecule has 0 spiro atoms. The summed E-state index contributed by atoms with van der Waals surface area (Å²) in [6, 6.07) is 5.41. The lowest BCUT2D eigenvalue weighted by Crippen LogP contribution is -2.07. The van der Waals surface area contributed by atoms with E-state index < -0.39 is 11.9 Å². The van der Waals surface area contributed by atoms with Crippen molar-refractivity contribution in [2.45, 2.75) is 65.7 Å². The van der Waals surface area contributed by atoms with E-state index in [4.69, 9.17) is 9.47 Å². The molecule has 0 aliphatic rings. The first-order valence-electron chi connectivity index (χ1n) is 9.17. The lowest BCUT2D eigenvalue weighted by Gasteiger charge is -2.04. The second-order valence-electron chi connectivity index (χ2n) is 6.29. The molecule has 0 aliphatic heterocycles. The second-order valence-corrected chi connectivity index (χ2v) is 6.29. The molecule has 0 saturated heterocycles. The molecule has 0 aliphatic carbocycles. The Bertz CT molecular complexity index is 575. The van der Waals surface area contributed by atoms with Crippen LogP contribution >= 0.6 is 0 Å². The van der Waals surface area contributed by atoms with Crippen molar-refractivity contribution in [1.82, 2.24) is 0 Å². The molecule has 138 valence electrons. The molecule has 0 radical (unpaired) electrons. The summed E-state index contributed by atoms with van der Waals surface area (Å²) < 4.78 is 10.2. The van der Waals surface area contributed by atoms with Crippen LogP contribution in [0.15, 0.2) is 30.4 Å². The fourth-order valence-corrected chi connectivity index (χ4v) is 2.34. The van der Waals surface area contributed by atoms with Gasteiger partial charge < -0.3 is 9.47 Å². The fourth-order valence-electron chi connectivity index (χ4n) is 2.34. The molecule has 1 rings (SSSR count). The average molecular weight is 346 g/mol. The molecule has 0 bridgehead atoms. The molecule has 0 unspecified atom stereocenters. The Hall–Kier alpha value is -2.10. The van der Waals surface area contributed by atoms with E-state index in [0.717, 1.165) is 36.1 Å². The molecule has 1 aromatic carbocycles. The monoisotopic (exact) mass is 346 g/mol. The van der Waals surface area contributed by atoms with Gasteiger partial charge in [0, 0.05) is 12.2 Å². The van der Waals surface area contributed by atoms with Crippen LogP contribution in [0, 0.1) is 13.8 Å². The van der Waals surface area contributed by atoms with Gasteiger partial charge in [-0.3, -0.25) is 0 Å². The van der Waals surface area contributed by atoms with E-state index in [0.29, 0.717) is 12.4 Å². The molecule has 0 amide bonds. The van der Waals surface area contributed by atoms with Gasteiger partial charge >= 0.3 is 11.9 Å². The van der Waals surface area contributed by atoms with Gasteiger partial charge in [0.2, 0.25) is 0 Å². The number of esters is 2. The number of benzene rings is 1. The summed E-state index contributed by atoms with van der Waals surface area (Å²) in [4.78, 5) is 23.3. The predicted molar refractivity (Wildman–Crippen MR) is 99.6 cm³/mol. The van der Waals surface area contributed by atoms with E-state index in [-0.39, 0.29) is 0 Å². The summed E-state index contributed by atoms with van der Waals surface area (Å²) in [5.74, 6) is -0.631. The summed E-state index contributed by atoms with van der Waals surface area (Å²) in [5.41, 5.74) is 2.17. The summed E-state index contributed by atoms with van der Waals surface area (Å²) in [6.45, 7) is 6.53. The topological polar surface area (TPSA) is 52.6 Å². The van der Waals surface area contributed by atoms with E-state index in [2.05, 4.69) is 6.92 Å². The maximum Gasteiger partial charge on any atom is 0.336 e. The van der Waals surface area contributed by atoms with Crippen LogP contribution < -0.4 is 4.74 Å². The first-order chi connectivity index (χ1) is 12.0. The normalized spacial score (nSPS) is 10.8. The van der Waals surface area contributed by atoms with Crippen molar-refractivity contribution >= 4 is 11.9 Å². The number of rotatable bonds is 11. The van der Waals surface area contributed by atoms with E-state index in [1.54, 1.807) is 12.1 Å².